The van der Waals surface area contributed by atoms with Crippen molar-refractivity contribution in [3.63, 3.8) is 0 Å². The van der Waals surface area contributed by atoms with Crippen molar-refractivity contribution in [1.82, 2.24) is 5.32 Å². The number of carbonyl (C=O) groups is 1. The lowest BCUT2D eigenvalue weighted by Crippen LogP contribution is -2.27. The van der Waals surface area contributed by atoms with Crippen molar-refractivity contribution in [1.29, 1.82) is 0 Å². The van der Waals surface area contributed by atoms with Gasteiger partial charge in [0.2, 0.25) is 5.91 Å². The van der Waals surface area contributed by atoms with Crippen LogP contribution in [0.15, 0.2) is 12.1 Å². The smallest absolute Gasteiger partial charge is 0.220 e. The van der Waals surface area contributed by atoms with Gasteiger partial charge in [0.1, 0.15) is 12.4 Å². The molecule has 0 aliphatic heterocycles. The van der Waals surface area contributed by atoms with Crippen LogP contribution in [0.25, 0.3) is 0 Å². The summed E-state index contributed by atoms with van der Waals surface area (Å²) in [6.45, 7) is 9.24. The molecule has 1 aromatic carbocycles. The van der Waals surface area contributed by atoms with Crippen molar-refractivity contribution in [3.05, 3.63) is 28.8 Å². The van der Waals surface area contributed by atoms with Crippen LogP contribution in [0.4, 0.5) is 0 Å². The zero-order valence-electron chi connectivity index (χ0n) is 11.8. The van der Waals surface area contributed by atoms with Gasteiger partial charge in [-0.2, -0.15) is 0 Å². The Morgan fingerprint density at radius 1 is 1.22 bits per heavy atom. The van der Waals surface area contributed by atoms with Crippen LogP contribution < -0.4 is 10.1 Å². The minimum atomic E-state index is 0.0958. The van der Waals surface area contributed by atoms with E-state index in [-0.39, 0.29) is 5.91 Å². The Morgan fingerprint density at radius 2 is 1.83 bits per heavy atom. The summed E-state index contributed by atoms with van der Waals surface area (Å²) in [6, 6.07) is 4.22. The number of amides is 1. The molecule has 1 rings (SSSR count). The molecule has 1 aromatic rings. The first-order chi connectivity index (χ1) is 8.54. The number of hydrogen-bond acceptors (Lipinski definition) is 2. The predicted octanol–water partition coefficient (Wildman–Crippen LogP) is 2.91. The molecule has 3 heteroatoms. The summed E-state index contributed by atoms with van der Waals surface area (Å²) in [4.78, 5) is 11.3. The molecule has 0 heterocycles. The van der Waals surface area contributed by atoms with Gasteiger partial charge in [0.15, 0.2) is 0 Å². The zero-order chi connectivity index (χ0) is 13.5. The first-order valence-electron chi connectivity index (χ1n) is 6.52. The number of benzene rings is 1. The van der Waals surface area contributed by atoms with E-state index in [1.54, 1.807) is 0 Å². The Bertz CT molecular complexity index is 390. The van der Waals surface area contributed by atoms with Crippen LogP contribution >= 0.6 is 0 Å². The Balaban J connectivity index is 2.42. The molecule has 0 saturated carbocycles. The molecule has 0 unspecified atom stereocenters. The molecule has 0 aliphatic carbocycles. The van der Waals surface area contributed by atoms with E-state index in [0.717, 1.165) is 23.3 Å². The maximum absolute atomic E-state index is 11.3. The van der Waals surface area contributed by atoms with Gasteiger partial charge in [-0.15, -0.1) is 0 Å². The highest BCUT2D eigenvalue weighted by atomic mass is 16.5. The first-order valence-corrected chi connectivity index (χ1v) is 6.52. The van der Waals surface area contributed by atoms with Crippen molar-refractivity contribution < 1.29 is 9.53 Å². The summed E-state index contributed by atoms with van der Waals surface area (Å²) in [6.07, 6.45) is 1.46. The average Bonchev–Trinajstić information content (AvgIpc) is 2.27. The lowest BCUT2D eigenvalue weighted by atomic mass is 10.1. The zero-order valence-corrected chi connectivity index (χ0v) is 11.8. The van der Waals surface area contributed by atoms with E-state index in [9.17, 15) is 4.79 Å². The van der Waals surface area contributed by atoms with Crippen molar-refractivity contribution >= 4 is 5.91 Å². The molecule has 0 bridgehead atoms. The highest BCUT2D eigenvalue weighted by molar-refractivity contribution is 5.75. The SMILES string of the molecule is CCCC(=O)NCCOc1c(C)cc(C)cc1C. The van der Waals surface area contributed by atoms with Gasteiger partial charge in [-0.1, -0.05) is 24.6 Å². The van der Waals surface area contributed by atoms with Crippen molar-refractivity contribution in [3.8, 4) is 5.75 Å². The lowest BCUT2D eigenvalue weighted by Gasteiger charge is -2.13. The van der Waals surface area contributed by atoms with Gasteiger partial charge >= 0.3 is 0 Å². The molecule has 0 aromatic heterocycles. The molecular weight excluding hydrogens is 226 g/mol. The third-order valence-corrected chi connectivity index (χ3v) is 2.75. The summed E-state index contributed by atoms with van der Waals surface area (Å²) in [5.74, 6) is 1.03. The van der Waals surface area contributed by atoms with Gasteiger partial charge in [0.05, 0.1) is 6.54 Å². The van der Waals surface area contributed by atoms with E-state index in [2.05, 4.69) is 24.4 Å². The van der Waals surface area contributed by atoms with Crippen LogP contribution in [-0.2, 0) is 4.79 Å². The highest BCUT2D eigenvalue weighted by Gasteiger charge is 2.05. The topological polar surface area (TPSA) is 38.3 Å². The molecule has 0 atom stereocenters. The fraction of sp³-hybridized carbons (Fsp3) is 0.533. The summed E-state index contributed by atoms with van der Waals surface area (Å²) >= 11 is 0. The highest BCUT2D eigenvalue weighted by Crippen LogP contribution is 2.24. The van der Waals surface area contributed by atoms with Gasteiger partial charge in [-0.05, 0) is 38.3 Å². The van der Waals surface area contributed by atoms with Crippen LogP contribution in [0.1, 0.15) is 36.5 Å². The third kappa shape index (κ3) is 4.40. The molecule has 0 aliphatic rings. The number of aryl methyl sites for hydroxylation is 3. The minimum absolute atomic E-state index is 0.0958. The molecule has 18 heavy (non-hydrogen) atoms. The lowest BCUT2D eigenvalue weighted by molar-refractivity contribution is -0.121. The van der Waals surface area contributed by atoms with Crippen LogP contribution in [0.2, 0.25) is 0 Å². The molecule has 0 spiro atoms. The number of nitrogens with one attached hydrogen (secondary N) is 1. The Kier molecular flexibility index (Phi) is 5.69. The van der Waals surface area contributed by atoms with Gasteiger partial charge in [0.25, 0.3) is 0 Å². The number of carbonyl (C=O) groups excluding carboxylic acids is 1. The van der Waals surface area contributed by atoms with Crippen LogP contribution in [0.3, 0.4) is 0 Å². The van der Waals surface area contributed by atoms with Crippen molar-refractivity contribution in [2.24, 2.45) is 0 Å². The van der Waals surface area contributed by atoms with Crippen molar-refractivity contribution in [2.45, 2.75) is 40.5 Å². The number of ether oxygens (including phenoxy) is 1. The number of rotatable bonds is 6. The maximum Gasteiger partial charge on any atom is 0.220 e. The van der Waals surface area contributed by atoms with E-state index < -0.39 is 0 Å². The summed E-state index contributed by atoms with van der Waals surface area (Å²) in [5, 5.41) is 2.84. The summed E-state index contributed by atoms with van der Waals surface area (Å²) in [7, 11) is 0. The normalized spacial score (nSPS) is 10.2. The van der Waals surface area contributed by atoms with Gasteiger partial charge < -0.3 is 10.1 Å². The van der Waals surface area contributed by atoms with Gasteiger partial charge in [-0.3, -0.25) is 4.79 Å². The molecular formula is C15H23NO2. The fourth-order valence-electron chi connectivity index (χ4n) is 2.05. The summed E-state index contributed by atoms with van der Waals surface area (Å²) in [5.41, 5.74) is 3.54. The van der Waals surface area contributed by atoms with Crippen LogP contribution in [-0.4, -0.2) is 19.1 Å². The molecule has 100 valence electrons. The molecule has 1 N–H and O–H groups in total. The molecule has 0 saturated heterocycles. The first kappa shape index (κ1) is 14.6. The average molecular weight is 249 g/mol. The Morgan fingerprint density at radius 3 is 2.39 bits per heavy atom. The van der Waals surface area contributed by atoms with Crippen LogP contribution in [0, 0.1) is 20.8 Å². The number of hydrogen-bond donors (Lipinski definition) is 1. The van der Waals surface area contributed by atoms with Gasteiger partial charge in [-0.25, -0.2) is 0 Å². The molecule has 1 amide bonds. The largest absolute Gasteiger partial charge is 0.491 e. The maximum atomic E-state index is 11.3. The quantitative estimate of drug-likeness (QED) is 0.787. The fourth-order valence-corrected chi connectivity index (χ4v) is 2.05. The standard InChI is InChI=1S/C15H23NO2/c1-5-6-14(17)16-7-8-18-15-12(3)9-11(2)10-13(15)4/h9-10H,5-8H2,1-4H3,(H,16,17). The van der Waals surface area contributed by atoms with Crippen molar-refractivity contribution in [2.75, 3.05) is 13.2 Å². The monoisotopic (exact) mass is 249 g/mol. The molecule has 0 radical (unpaired) electrons. The molecule has 3 nitrogen and oxygen atoms in total. The Hall–Kier alpha value is -1.51. The van der Waals surface area contributed by atoms with E-state index in [1.807, 2.05) is 20.8 Å². The Labute approximate surface area is 110 Å². The van der Waals surface area contributed by atoms with E-state index in [0.29, 0.717) is 19.6 Å². The summed E-state index contributed by atoms with van der Waals surface area (Å²) < 4.78 is 5.74. The second kappa shape index (κ2) is 7.04. The predicted molar refractivity (Wildman–Crippen MR) is 74.1 cm³/mol. The van der Waals surface area contributed by atoms with E-state index in [4.69, 9.17) is 4.74 Å². The van der Waals surface area contributed by atoms with E-state index >= 15 is 0 Å². The third-order valence-electron chi connectivity index (χ3n) is 2.75. The minimum Gasteiger partial charge on any atom is -0.491 e. The van der Waals surface area contributed by atoms with E-state index in [1.165, 1.54) is 5.56 Å². The van der Waals surface area contributed by atoms with Crippen LogP contribution in [0.5, 0.6) is 5.75 Å². The second-order valence-electron chi connectivity index (χ2n) is 4.68. The second-order valence-corrected chi connectivity index (χ2v) is 4.68. The molecule has 0 fully saturated rings. The van der Waals surface area contributed by atoms with Gasteiger partial charge in [0, 0.05) is 6.42 Å².